The second-order valence-corrected chi connectivity index (χ2v) is 3.59. The largest absolute Gasteiger partial charge is 0.492 e. The Morgan fingerprint density at radius 1 is 1.35 bits per heavy atom. The van der Waals surface area contributed by atoms with Gasteiger partial charge in [-0.1, -0.05) is 16.8 Å². The van der Waals surface area contributed by atoms with Crippen LogP contribution in [-0.2, 0) is 0 Å². The Morgan fingerprint density at radius 2 is 2.06 bits per heavy atom. The monoisotopic (exact) mass is 260 g/mol. The van der Waals surface area contributed by atoms with E-state index in [0.29, 0.717) is 0 Å². The van der Waals surface area contributed by atoms with Gasteiger partial charge in [0.25, 0.3) is 0 Å². The quantitative estimate of drug-likeness (QED) is 0.844. The van der Waals surface area contributed by atoms with Crippen LogP contribution >= 0.6 is 11.6 Å². The molecule has 0 aliphatic carbocycles. The molecule has 1 aromatic carbocycles. The van der Waals surface area contributed by atoms with Gasteiger partial charge in [-0.3, -0.25) is 0 Å². The molecule has 0 radical (unpaired) electrons. The minimum Gasteiger partial charge on any atom is -0.492 e. The molecular weight excluding hydrogens is 254 g/mol. The summed E-state index contributed by atoms with van der Waals surface area (Å²) in [5.74, 6) is -2.64. The summed E-state index contributed by atoms with van der Waals surface area (Å²) >= 11 is 5.74. The molecule has 1 aromatic heterocycles. The van der Waals surface area contributed by atoms with E-state index in [1.807, 2.05) is 0 Å². The van der Waals surface area contributed by atoms with E-state index in [2.05, 4.69) is 9.89 Å². The van der Waals surface area contributed by atoms with Crippen LogP contribution in [0.15, 0.2) is 16.7 Å². The lowest BCUT2D eigenvalue weighted by Gasteiger charge is -2.07. The van der Waals surface area contributed by atoms with Gasteiger partial charge in [-0.25, -0.2) is 4.39 Å². The Morgan fingerprint density at radius 3 is 2.59 bits per heavy atom. The average Bonchev–Trinajstić information content (AvgIpc) is 2.71. The van der Waals surface area contributed by atoms with Crippen LogP contribution < -0.4 is 10.5 Å². The van der Waals surface area contributed by atoms with Crippen LogP contribution in [0, 0.1) is 11.6 Å². The second kappa shape index (κ2) is 4.21. The van der Waals surface area contributed by atoms with E-state index in [1.165, 1.54) is 19.2 Å². The number of ether oxygens (including phenoxy) is 1. The van der Waals surface area contributed by atoms with Crippen molar-refractivity contribution in [1.29, 1.82) is 0 Å². The molecule has 0 atom stereocenters. The smallest absolute Gasteiger partial charge is 0.202 e. The highest BCUT2D eigenvalue weighted by molar-refractivity contribution is 6.32. The molecule has 0 unspecified atom stereocenters. The minimum atomic E-state index is -1.19. The SMILES string of the molecule is COc1c(Cl)cc(-c2cc(N)no2)c(F)c1F. The van der Waals surface area contributed by atoms with Crippen molar-refractivity contribution >= 4 is 17.4 Å². The van der Waals surface area contributed by atoms with Crippen molar-refractivity contribution in [3.8, 4) is 17.1 Å². The highest BCUT2D eigenvalue weighted by Crippen LogP contribution is 2.36. The molecule has 2 N–H and O–H groups in total. The van der Waals surface area contributed by atoms with Gasteiger partial charge in [0.15, 0.2) is 23.1 Å². The van der Waals surface area contributed by atoms with E-state index in [9.17, 15) is 8.78 Å². The Balaban J connectivity index is 2.64. The van der Waals surface area contributed by atoms with Crippen LogP contribution in [0.1, 0.15) is 0 Å². The topological polar surface area (TPSA) is 61.3 Å². The number of nitrogens with zero attached hydrogens (tertiary/aromatic N) is 1. The van der Waals surface area contributed by atoms with Gasteiger partial charge in [0, 0.05) is 6.07 Å². The first-order chi connectivity index (χ1) is 8.04. The fraction of sp³-hybridized carbons (Fsp3) is 0.100. The molecule has 0 fully saturated rings. The molecule has 0 amide bonds. The summed E-state index contributed by atoms with van der Waals surface area (Å²) in [6, 6.07) is 2.44. The number of nitrogens with two attached hydrogens (primary N) is 1. The lowest BCUT2D eigenvalue weighted by Crippen LogP contribution is -1.96. The van der Waals surface area contributed by atoms with Crippen LogP contribution in [0.25, 0.3) is 11.3 Å². The maximum absolute atomic E-state index is 13.7. The lowest BCUT2D eigenvalue weighted by atomic mass is 10.1. The van der Waals surface area contributed by atoms with Crippen molar-refractivity contribution in [3.05, 3.63) is 28.8 Å². The summed E-state index contributed by atoms with van der Waals surface area (Å²) < 4.78 is 36.6. The third-order valence-corrected chi connectivity index (χ3v) is 2.40. The molecule has 0 aliphatic heterocycles. The molecule has 2 rings (SSSR count). The number of anilines is 1. The van der Waals surface area contributed by atoms with Crippen LogP contribution in [0.2, 0.25) is 5.02 Å². The number of rotatable bonds is 2. The minimum absolute atomic E-state index is 0.0107. The molecule has 7 heteroatoms. The molecule has 4 nitrogen and oxygen atoms in total. The highest BCUT2D eigenvalue weighted by atomic mass is 35.5. The summed E-state index contributed by atoms with van der Waals surface area (Å²) in [6.45, 7) is 0. The van der Waals surface area contributed by atoms with Crippen molar-refractivity contribution in [1.82, 2.24) is 5.16 Å². The Hall–Kier alpha value is -1.82. The van der Waals surface area contributed by atoms with Crippen molar-refractivity contribution in [2.75, 3.05) is 12.8 Å². The average molecular weight is 261 g/mol. The van der Waals surface area contributed by atoms with Crippen LogP contribution in [-0.4, -0.2) is 12.3 Å². The number of aromatic nitrogens is 1. The van der Waals surface area contributed by atoms with E-state index in [1.54, 1.807) is 0 Å². The van der Waals surface area contributed by atoms with Crippen LogP contribution in [0.3, 0.4) is 0 Å². The number of nitrogen functional groups attached to an aromatic ring is 1. The van der Waals surface area contributed by atoms with E-state index >= 15 is 0 Å². The highest BCUT2D eigenvalue weighted by Gasteiger charge is 2.21. The molecule has 0 aliphatic rings. The zero-order valence-corrected chi connectivity index (χ0v) is 9.39. The molecule has 0 bridgehead atoms. The van der Waals surface area contributed by atoms with E-state index in [-0.39, 0.29) is 27.9 Å². The number of halogens is 3. The predicted octanol–water partition coefficient (Wildman–Crippen LogP) is 2.86. The van der Waals surface area contributed by atoms with Crippen LogP contribution in [0.5, 0.6) is 5.75 Å². The van der Waals surface area contributed by atoms with Gasteiger partial charge in [0.05, 0.1) is 17.7 Å². The molecule has 0 saturated heterocycles. The molecule has 0 spiro atoms. The summed E-state index contributed by atoms with van der Waals surface area (Å²) in [5, 5.41) is 3.30. The van der Waals surface area contributed by atoms with Crippen molar-refractivity contribution in [3.63, 3.8) is 0 Å². The Kier molecular flexibility index (Phi) is 2.89. The number of hydrogen-bond donors (Lipinski definition) is 1. The predicted molar refractivity (Wildman–Crippen MR) is 57.8 cm³/mol. The number of benzene rings is 1. The Bertz CT molecular complexity index is 572. The zero-order chi connectivity index (χ0) is 12.6. The van der Waals surface area contributed by atoms with Gasteiger partial charge < -0.3 is 15.0 Å². The molecule has 90 valence electrons. The standard InChI is InChI=1S/C10H7ClF2N2O2/c1-16-10-5(11)2-4(8(12)9(10)13)6-3-7(14)15-17-6/h2-3H,1H3,(H2,14,15). The zero-order valence-electron chi connectivity index (χ0n) is 8.63. The number of methoxy groups -OCH3 is 1. The first-order valence-electron chi connectivity index (χ1n) is 4.48. The normalized spacial score (nSPS) is 10.6. The van der Waals surface area contributed by atoms with E-state index < -0.39 is 11.6 Å². The van der Waals surface area contributed by atoms with Crippen molar-refractivity contribution < 1.29 is 18.0 Å². The van der Waals surface area contributed by atoms with Gasteiger partial charge in [0.2, 0.25) is 5.82 Å². The fourth-order valence-electron chi connectivity index (χ4n) is 1.36. The van der Waals surface area contributed by atoms with E-state index in [4.69, 9.17) is 21.9 Å². The first kappa shape index (κ1) is 11.7. The third-order valence-electron chi connectivity index (χ3n) is 2.11. The van der Waals surface area contributed by atoms with Gasteiger partial charge >= 0.3 is 0 Å². The van der Waals surface area contributed by atoms with Crippen molar-refractivity contribution in [2.24, 2.45) is 0 Å². The maximum atomic E-state index is 13.7. The molecule has 0 saturated carbocycles. The second-order valence-electron chi connectivity index (χ2n) is 3.18. The van der Waals surface area contributed by atoms with Gasteiger partial charge in [-0.05, 0) is 6.07 Å². The lowest BCUT2D eigenvalue weighted by molar-refractivity contribution is 0.371. The van der Waals surface area contributed by atoms with Gasteiger partial charge in [0.1, 0.15) is 0 Å². The fourth-order valence-corrected chi connectivity index (χ4v) is 1.63. The van der Waals surface area contributed by atoms with Crippen molar-refractivity contribution in [2.45, 2.75) is 0 Å². The Labute approximate surface area is 99.9 Å². The third kappa shape index (κ3) is 1.91. The van der Waals surface area contributed by atoms with E-state index in [0.717, 1.165) is 0 Å². The number of hydrogen-bond acceptors (Lipinski definition) is 4. The maximum Gasteiger partial charge on any atom is 0.202 e. The van der Waals surface area contributed by atoms with Gasteiger partial charge in [-0.15, -0.1) is 0 Å². The summed E-state index contributed by atoms with van der Waals surface area (Å²) in [4.78, 5) is 0. The molecule has 17 heavy (non-hydrogen) atoms. The molecule has 2 aromatic rings. The first-order valence-corrected chi connectivity index (χ1v) is 4.86. The summed E-state index contributed by atoms with van der Waals surface area (Å²) in [5.41, 5.74) is 5.15. The summed E-state index contributed by atoms with van der Waals surface area (Å²) in [6.07, 6.45) is 0. The molecule has 1 heterocycles. The summed E-state index contributed by atoms with van der Waals surface area (Å²) in [7, 11) is 1.19. The molecular formula is C10H7ClF2N2O2. The van der Waals surface area contributed by atoms with Gasteiger partial charge in [-0.2, -0.15) is 4.39 Å². The van der Waals surface area contributed by atoms with Crippen LogP contribution in [0.4, 0.5) is 14.6 Å².